The van der Waals surface area contributed by atoms with E-state index in [0.717, 1.165) is 4.90 Å². The van der Waals surface area contributed by atoms with Gasteiger partial charge in [-0.05, 0) is 31.0 Å². The van der Waals surface area contributed by atoms with E-state index in [9.17, 15) is 29.3 Å². The molecule has 0 radical (unpaired) electrons. The lowest BCUT2D eigenvalue weighted by atomic mass is 9.93. The van der Waals surface area contributed by atoms with Crippen LogP contribution in [0.2, 0.25) is 0 Å². The zero-order chi connectivity index (χ0) is 27.1. The van der Waals surface area contributed by atoms with Crippen LogP contribution >= 0.6 is 0 Å². The second-order valence-electron chi connectivity index (χ2n) is 8.94. The highest BCUT2D eigenvalue weighted by atomic mass is 16.6. The molecule has 5 rings (SSSR count). The van der Waals surface area contributed by atoms with E-state index >= 15 is 0 Å². The van der Waals surface area contributed by atoms with Gasteiger partial charge in [0.2, 0.25) is 0 Å². The van der Waals surface area contributed by atoms with Crippen LogP contribution in [0.5, 0.6) is 0 Å². The SMILES string of the molecule is COC(=O)N1C(C)Nc2[nH]cc(CCN3C(=O)c4ccccc4C3=O)c(=O)c2C1c1cccc([N+](=O)[O-])c1. The van der Waals surface area contributed by atoms with Crippen molar-refractivity contribution in [3.8, 4) is 0 Å². The number of fused-ring (bicyclic) bond motifs is 2. The van der Waals surface area contributed by atoms with Gasteiger partial charge < -0.3 is 15.0 Å². The first kappa shape index (κ1) is 24.7. The van der Waals surface area contributed by atoms with Gasteiger partial charge in [0, 0.05) is 30.4 Å². The number of aromatic nitrogens is 1. The number of hydrogen-bond acceptors (Lipinski definition) is 8. The van der Waals surface area contributed by atoms with Crippen LogP contribution in [-0.4, -0.2) is 57.4 Å². The standard InChI is InChI=1S/C26H23N5O7/c1-14-28-23-20(21(30(14)26(35)38-2)15-6-5-7-17(12-15)31(36)37)22(32)16(13-27-23)10-11-29-24(33)18-8-3-4-9-19(18)25(29)34/h3-9,12-14,21H,10-11H2,1-2H3,(H2,27,28,32). The maximum absolute atomic E-state index is 13.8. The van der Waals surface area contributed by atoms with Crippen molar-refractivity contribution in [2.75, 3.05) is 19.0 Å². The molecule has 0 bridgehead atoms. The highest BCUT2D eigenvalue weighted by Gasteiger charge is 2.40. The highest BCUT2D eigenvalue weighted by Crippen LogP contribution is 2.38. The normalized spacial score (nSPS) is 18.1. The molecule has 194 valence electrons. The van der Waals surface area contributed by atoms with Crippen molar-refractivity contribution in [1.82, 2.24) is 14.8 Å². The summed E-state index contributed by atoms with van der Waals surface area (Å²) in [6.45, 7) is 1.67. The van der Waals surface area contributed by atoms with Gasteiger partial charge in [-0.25, -0.2) is 4.79 Å². The van der Waals surface area contributed by atoms with Crippen LogP contribution in [0.15, 0.2) is 59.5 Å². The number of imide groups is 1. The summed E-state index contributed by atoms with van der Waals surface area (Å²) in [5, 5.41) is 14.5. The zero-order valence-electron chi connectivity index (χ0n) is 20.5. The number of methoxy groups -OCH3 is 1. The summed E-state index contributed by atoms with van der Waals surface area (Å²) < 4.78 is 4.96. The number of anilines is 1. The fraction of sp³-hybridized carbons (Fsp3) is 0.231. The molecule has 2 atom stereocenters. The van der Waals surface area contributed by atoms with Crippen molar-refractivity contribution in [3.05, 3.63) is 103 Å². The molecule has 2 aliphatic heterocycles. The molecule has 3 aromatic rings. The molecule has 0 saturated carbocycles. The van der Waals surface area contributed by atoms with Crippen LogP contribution < -0.4 is 10.7 Å². The number of nitrogens with zero attached hydrogens (tertiary/aromatic N) is 3. The van der Waals surface area contributed by atoms with Gasteiger partial charge in [-0.2, -0.15) is 0 Å². The number of pyridine rings is 1. The largest absolute Gasteiger partial charge is 0.453 e. The molecule has 2 aliphatic rings. The number of H-pyrrole nitrogens is 1. The number of carbonyl (C=O) groups is 3. The number of non-ortho nitro benzene ring substituents is 1. The molecule has 2 N–H and O–H groups in total. The molecule has 2 aromatic carbocycles. The van der Waals surface area contributed by atoms with E-state index in [0.29, 0.717) is 22.5 Å². The molecule has 12 heteroatoms. The Morgan fingerprint density at radius 3 is 2.39 bits per heavy atom. The Morgan fingerprint density at radius 2 is 1.76 bits per heavy atom. The van der Waals surface area contributed by atoms with Crippen molar-refractivity contribution < 1.29 is 24.0 Å². The van der Waals surface area contributed by atoms with Gasteiger partial charge in [-0.1, -0.05) is 24.3 Å². The van der Waals surface area contributed by atoms with Gasteiger partial charge in [-0.15, -0.1) is 0 Å². The first-order valence-corrected chi connectivity index (χ1v) is 11.8. The molecule has 0 fully saturated rings. The molecule has 1 aromatic heterocycles. The third-order valence-electron chi connectivity index (χ3n) is 6.78. The number of carbonyl (C=O) groups excluding carboxylic acids is 3. The molecule has 2 unspecified atom stereocenters. The topological polar surface area (TPSA) is 155 Å². The number of nitrogens with one attached hydrogen (secondary N) is 2. The van der Waals surface area contributed by atoms with E-state index in [2.05, 4.69) is 10.3 Å². The van der Waals surface area contributed by atoms with Gasteiger partial charge >= 0.3 is 6.09 Å². The lowest BCUT2D eigenvalue weighted by molar-refractivity contribution is -0.384. The molecule has 12 nitrogen and oxygen atoms in total. The Kier molecular flexibility index (Phi) is 6.15. The Labute approximate surface area is 216 Å². The number of hydrogen-bond donors (Lipinski definition) is 2. The lowest BCUT2D eigenvalue weighted by Crippen LogP contribution is -2.51. The summed E-state index contributed by atoms with van der Waals surface area (Å²) in [6, 6.07) is 11.2. The monoisotopic (exact) mass is 517 g/mol. The second kappa shape index (κ2) is 9.47. The van der Waals surface area contributed by atoms with E-state index < -0.39 is 40.5 Å². The van der Waals surface area contributed by atoms with E-state index in [4.69, 9.17) is 4.74 Å². The third kappa shape index (κ3) is 3.95. The minimum absolute atomic E-state index is 0.0275. The van der Waals surface area contributed by atoms with Gasteiger partial charge in [0.05, 0.1) is 34.8 Å². The van der Waals surface area contributed by atoms with Gasteiger partial charge in [0.15, 0.2) is 5.43 Å². The van der Waals surface area contributed by atoms with Crippen molar-refractivity contribution >= 4 is 29.4 Å². The molecular formula is C26H23N5O7. The number of aromatic amines is 1. The van der Waals surface area contributed by atoms with Gasteiger partial charge in [0.25, 0.3) is 17.5 Å². The van der Waals surface area contributed by atoms with Crippen molar-refractivity contribution in [3.63, 3.8) is 0 Å². The quantitative estimate of drug-likeness (QED) is 0.297. The molecular weight excluding hydrogens is 494 g/mol. The fourth-order valence-electron chi connectivity index (χ4n) is 4.98. The molecule has 38 heavy (non-hydrogen) atoms. The number of nitro benzene ring substituents is 1. The summed E-state index contributed by atoms with van der Waals surface area (Å²) in [7, 11) is 1.21. The molecule has 0 aliphatic carbocycles. The second-order valence-corrected chi connectivity index (χ2v) is 8.94. The third-order valence-corrected chi connectivity index (χ3v) is 6.78. The molecule has 0 saturated heterocycles. The van der Waals surface area contributed by atoms with E-state index in [1.54, 1.807) is 37.3 Å². The summed E-state index contributed by atoms with van der Waals surface area (Å²) >= 11 is 0. The minimum Gasteiger partial charge on any atom is -0.453 e. The summed E-state index contributed by atoms with van der Waals surface area (Å²) in [6.07, 6.45) is 0.197. The minimum atomic E-state index is -1.00. The molecule has 3 amide bonds. The average Bonchev–Trinajstić information content (AvgIpc) is 3.16. The zero-order valence-corrected chi connectivity index (χ0v) is 20.5. The van der Waals surface area contributed by atoms with E-state index in [1.807, 2.05) is 0 Å². The first-order chi connectivity index (χ1) is 18.2. The number of benzene rings is 2. The van der Waals surface area contributed by atoms with Gasteiger partial charge in [0.1, 0.15) is 12.0 Å². The number of ether oxygens (including phenoxy) is 1. The average molecular weight is 517 g/mol. The Bertz CT molecular complexity index is 1510. The number of amides is 3. The van der Waals surface area contributed by atoms with E-state index in [1.165, 1.54) is 36.4 Å². The van der Waals surface area contributed by atoms with Crippen molar-refractivity contribution in [2.24, 2.45) is 0 Å². The number of nitro groups is 1. The van der Waals surface area contributed by atoms with Crippen LogP contribution in [0.3, 0.4) is 0 Å². The van der Waals surface area contributed by atoms with Crippen LogP contribution in [0.4, 0.5) is 16.3 Å². The van der Waals surface area contributed by atoms with Crippen LogP contribution in [0.25, 0.3) is 0 Å². The van der Waals surface area contributed by atoms with Crippen LogP contribution in [0.1, 0.15) is 50.4 Å². The predicted molar refractivity (Wildman–Crippen MR) is 135 cm³/mol. The number of rotatable bonds is 5. The Balaban J connectivity index is 1.54. The van der Waals surface area contributed by atoms with E-state index in [-0.39, 0.29) is 29.8 Å². The summed E-state index contributed by atoms with van der Waals surface area (Å²) in [4.78, 5) is 68.4. The van der Waals surface area contributed by atoms with Crippen molar-refractivity contribution in [1.29, 1.82) is 0 Å². The Morgan fingerprint density at radius 1 is 1.08 bits per heavy atom. The Hall–Kier alpha value is -5.00. The summed E-state index contributed by atoms with van der Waals surface area (Å²) in [5.41, 5.74) is 0.787. The molecule has 0 spiro atoms. The van der Waals surface area contributed by atoms with Gasteiger partial charge in [-0.3, -0.25) is 34.3 Å². The smallest absolute Gasteiger partial charge is 0.411 e. The maximum atomic E-state index is 13.8. The first-order valence-electron chi connectivity index (χ1n) is 11.8. The van der Waals surface area contributed by atoms with Crippen molar-refractivity contribution in [2.45, 2.75) is 25.6 Å². The fourth-order valence-corrected chi connectivity index (χ4v) is 4.98. The highest BCUT2D eigenvalue weighted by molar-refractivity contribution is 6.21. The molecule has 3 heterocycles. The lowest BCUT2D eigenvalue weighted by Gasteiger charge is -2.41. The van der Waals surface area contributed by atoms with Crippen LogP contribution in [0, 0.1) is 10.1 Å². The van der Waals surface area contributed by atoms with Crippen LogP contribution in [-0.2, 0) is 11.2 Å². The predicted octanol–water partition coefficient (Wildman–Crippen LogP) is 3.05. The maximum Gasteiger partial charge on any atom is 0.411 e. The summed E-state index contributed by atoms with van der Waals surface area (Å²) in [5.74, 6) is -0.507.